The number of fused-ring (bicyclic) bond motifs is 1. The third kappa shape index (κ3) is 0.868. The Hall–Kier alpha value is -1.49. The molecule has 0 amide bonds. The number of rotatable bonds is 0. The fraction of sp³-hybridized carbons (Fsp3) is 0. The van der Waals surface area contributed by atoms with E-state index in [0.29, 0.717) is 15.9 Å². The molecule has 0 bridgehead atoms. The predicted octanol–water partition coefficient (Wildman–Crippen LogP) is 0.877. The number of H-pyrrole nitrogens is 1. The Labute approximate surface area is 71.3 Å². The van der Waals surface area contributed by atoms with Crippen molar-refractivity contribution in [1.29, 1.82) is 0 Å². The van der Waals surface area contributed by atoms with Crippen LogP contribution in [0.4, 0.5) is 5.69 Å². The summed E-state index contributed by atoms with van der Waals surface area (Å²) in [7, 11) is 0. The first-order valence-corrected chi connectivity index (χ1v) is 4.10. The van der Waals surface area contributed by atoms with Crippen molar-refractivity contribution < 1.29 is 5.11 Å². The van der Waals surface area contributed by atoms with E-state index in [4.69, 9.17) is 5.73 Å². The molecule has 62 valence electrons. The van der Waals surface area contributed by atoms with E-state index in [9.17, 15) is 9.90 Å². The molecule has 4 N–H and O–H groups in total. The summed E-state index contributed by atoms with van der Waals surface area (Å²) in [5.74, 6) is 0.0533. The van der Waals surface area contributed by atoms with Crippen molar-refractivity contribution in [3.05, 3.63) is 21.8 Å². The number of hydrogen-bond acceptors (Lipinski definition) is 4. The van der Waals surface area contributed by atoms with E-state index in [1.165, 1.54) is 6.07 Å². The number of anilines is 1. The zero-order valence-corrected chi connectivity index (χ0v) is 6.81. The maximum Gasteiger partial charge on any atom is 0.305 e. The highest BCUT2D eigenvalue weighted by atomic mass is 32.1. The fourth-order valence-corrected chi connectivity index (χ4v) is 1.82. The van der Waals surface area contributed by atoms with Gasteiger partial charge in [-0.2, -0.15) is 0 Å². The molecule has 2 rings (SSSR count). The lowest BCUT2D eigenvalue weighted by molar-refractivity contribution is 0.480. The van der Waals surface area contributed by atoms with Crippen LogP contribution < -0.4 is 10.6 Å². The summed E-state index contributed by atoms with van der Waals surface area (Å²) >= 11 is 0.997. The van der Waals surface area contributed by atoms with Gasteiger partial charge in [0, 0.05) is 0 Å². The number of nitrogens with two attached hydrogens (primary N) is 1. The third-order valence-corrected chi connectivity index (χ3v) is 2.52. The first-order chi connectivity index (χ1) is 5.68. The van der Waals surface area contributed by atoms with E-state index < -0.39 is 0 Å². The molecule has 0 saturated heterocycles. The molecule has 0 aliphatic carbocycles. The van der Waals surface area contributed by atoms with Gasteiger partial charge in [-0.15, -0.1) is 0 Å². The van der Waals surface area contributed by atoms with Gasteiger partial charge in [-0.25, -0.2) is 0 Å². The topological polar surface area (TPSA) is 79.1 Å². The van der Waals surface area contributed by atoms with Crippen LogP contribution >= 0.6 is 11.3 Å². The first-order valence-electron chi connectivity index (χ1n) is 3.29. The zero-order chi connectivity index (χ0) is 8.72. The number of nitrogens with one attached hydrogen (secondary N) is 1. The van der Waals surface area contributed by atoms with Gasteiger partial charge in [0.25, 0.3) is 0 Å². The van der Waals surface area contributed by atoms with Crippen LogP contribution in [0.1, 0.15) is 0 Å². The van der Waals surface area contributed by atoms with Gasteiger partial charge in [-0.3, -0.25) is 4.79 Å². The highest BCUT2D eigenvalue weighted by molar-refractivity contribution is 7.17. The van der Waals surface area contributed by atoms with Crippen LogP contribution in [-0.2, 0) is 0 Å². The van der Waals surface area contributed by atoms with Crippen LogP contribution in [0.25, 0.3) is 10.2 Å². The number of aromatic hydroxyl groups is 1. The molecule has 0 atom stereocenters. The molecule has 2 aromatic rings. The van der Waals surface area contributed by atoms with E-state index >= 15 is 0 Å². The zero-order valence-electron chi connectivity index (χ0n) is 6.00. The minimum Gasteiger partial charge on any atom is -0.506 e. The molecule has 0 fully saturated rings. The molecule has 5 heteroatoms. The minimum absolute atomic E-state index is 0.0533. The monoisotopic (exact) mass is 182 g/mol. The van der Waals surface area contributed by atoms with E-state index in [1.54, 1.807) is 6.07 Å². The van der Waals surface area contributed by atoms with Crippen LogP contribution in [0.15, 0.2) is 16.9 Å². The number of thiazole rings is 1. The average Bonchev–Trinajstić information content (AvgIpc) is 2.41. The summed E-state index contributed by atoms with van der Waals surface area (Å²) in [6.45, 7) is 0. The molecule has 0 saturated carbocycles. The number of hydrogen-bond donors (Lipinski definition) is 3. The maximum absolute atomic E-state index is 10.9. The minimum atomic E-state index is -0.210. The molecular formula is C7H6N2O2S. The Morgan fingerprint density at radius 1 is 1.50 bits per heavy atom. The van der Waals surface area contributed by atoms with Crippen LogP contribution in [0, 0.1) is 0 Å². The summed E-state index contributed by atoms with van der Waals surface area (Å²) in [6, 6.07) is 3.03. The number of nitrogen functional groups attached to an aromatic ring is 1. The highest BCUT2D eigenvalue weighted by Gasteiger charge is 2.06. The third-order valence-electron chi connectivity index (χ3n) is 1.59. The number of aromatic nitrogens is 1. The van der Waals surface area contributed by atoms with Gasteiger partial charge in [0.2, 0.25) is 0 Å². The highest BCUT2D eigenvalue weighted by Crippen LogP contribution is 2.28. The van der Waals surface area contributed by atoms with Crippen LogP contribution in [0.5, 0.6) is 5.75 Å². The van der Waals surface area contributed by atoms with Gasteiger partial charge in [-0.05, 0) is 12.1 Å². The molecule has 0 spiro atoms. The Morgan fingerprint density at radius 3 is 2.92 bits per heavy atom. The molecular weight excluding hydrogens is 176 g/mol. The smallest absolute Gasteiger partial charge is 0.305 e. The SMILES string of the molecule is Nc1ccc(O)c2[nH]c(=O)sc12. The van der Waals surface area contributed by atoms with Crippen molar-refractivity contribution in [1.82, 2.24) is 4.98 Å². The van der Waals surface area contributed by atoms with Crippen molar-refractivity contribution in [2.45, 2.75) is 0 Å². The lowest BCUT2D eigenvalue weighted by atomic mass is 10.3. The fourth-order valence-electron chi connectivity index (χ4n) is 1.04. The van der Waals surface area contributed by atoms with Gasteiger partial charge < -0.3 is 15.8 Å². The van der Waals surface area contributed by atoms with Crippen LogP contribution in [-0.4, -0.2) is 10.1 Å². The average molecular weight is 182 g/mol. The molecule has 0 aliphatic heterocycles. The molecule has 0 aliphatic rings. The molecule has 12 heavy (non-hydrogen) atoms. The van der Waals surface area contributed by atoms with E-state index in [1.807, 2.05) is 0 Å². The maximum atomic E-state index is 10.9. The normalized spacial score (nSPS) is 10.7. The second-order valence-corrected chi connectivity index (χ2v) is 3.38. The Bertz CT molecular complexity index is 444. The number of benzene rings is 1. The van der Waals surface area contributed by atoms with E-state index in [0.717, 1.165) is 11.3 Å². The van der Waals surface area contributed by atoms with Gasteiger partial charge in [0.1, 0.15) is 11.3 Å². The molecule has 0 unspecified atom stereocenters. The molecule has 0 radical (unpaired) electrons. The summed E-state index contributed by atoms with van der Waals surface area (Å²) < 4.78 is 0.611. The largest absolute Gasteiger partial charge is 0.506 e. The lowest BCUT2D eigenvalue weighted by Crippen LogP contribution is -1.89. The van der Waals surface area contributed by atoms with Gasteiger partial charge in [0.05, 0.1) is 10.4 Å². The Morgan fingerprint density at radius 2 is 2.25 bits per heavy atom. The van der Waals surface area contributed by atoms with Gasteiger partial charge >= 0.3 is 4.87 Å². The second-order valence-electron chi connectivity index (χ2n) is 2.39. The predicted molar refractivity (Wildman–Crippen MR) is 48.5 cm³/mol. The summed E-state index contributed by atoms with van der Waals surface area (Å²) in [4.78, 5) is 13.2. The summed E-state index contributed by atoms with van der Waals surface area (Å²) in [6.07, 6.45) is 0. The van der Waals surface area contributed by atoms with Gasteiger partial charge in [-0.1, -0.05) is 11.3 Å². The first kappa shape index (κ1) is 7.17. The number of phenolic OH excluding ortho intramolecular Hbond substituents is 1. The summed E-state index contributed by atoms with van der Waals surface area (Å²) in [5, 5.41) is 9.29. The van der Waals surface area contributed by atoms with Crippen molar-refractivity contribution in [2.75, 3.05) is 5.73 Å². The van der Waals surface area contributed by atoms with Crippen molar-refractivity contribution in [2.24, 2.45) is 0 Å². The number of phenols is 1. The summed E-state index contributed by atoms with van der Waals surface area (Å²) in [5.41, 5.74) is 6.51. The van der Waals surface area contributed by atoms with Crippen molar-refractivity contribution in [3.8, 4) is 5.75 Å². The molecule has 1 heterocycles. The van der Waals surface area contributed by atoms with Crippen LogP contribution in [0.2, 0.25) is 0 Å². The standard InChI is InChI=1S/C7H6N2O2S/c8-3-1-2-4(10)5-6(3)12-7(11)9-5/h1-2,10H,8H2,(H,9,11). The second kappa shape index (κ2) is 2.25. The van der Waals surface area contributed by atoms with Crippen molar-refractivity contribution >= 4 is 27.2 Å². The van der Waals surface area contributed by atoms with Crippen molar-refractivity contribution in [3.63, 3.8) is 0 Å². The molecule has 1 aromatic carbocycles. The Balaban J connectivity index is 3.03. The number of aromatic amines is 1. The van der Waals surface area contributed by atoms with Gasteiger partial charge in [0.15, 0.2) is 0 Å². The Kier molecular flexibility index (Phi) is 1.34. The quantitative estimate of drug-likeness (QED) is 0.418. The van der Waals surface area contributed by atoms with E-state index in [2.05, 4.69) is 4.98 Å². The van der Waals surface area contributed by atoms with E-state index in [-0.39, 0.29) is 10.6 Å². The van der Waals surface area contributed by atoms with Crippen LogP contribution in [0.3, 0.4) is 0 Å². The molecule has 1 aromatic heterocycles. The molecule has 4 nitrogen and oxygen atoms in total. The lowest BCUT2D eigenvalue weighted by Gasteiger charge is -1.95.